The number of benzene rings is 2. The van der Waals surface area contributed by atoms with Crippen molar-refractivity contribution in [2.24, 2.45) is 5.10 Å². The van der Waals surface area contributed by atoms with Crippen LogP contribution in [-0.2, 0) is 15.8 Å². The Bertz CT molecular complexity index is 898. The molecule has 0 saturated heterocycles. The molecule has 2 rings (SSSR count). The van der Waals surface area contributed by atoms with Gasteiger partial charge in [0.15, 0.2) is 11.5 Å². The number of ether oxygens (including phenoxy) is 1. The van der Waals surface area contributed by atoms with Crippen molar-refractivity contribution < 1.29 is 32.6 Å². The lowest BCUT2D eigenvalue weighted by molar-refractivity contribution is -0.137. The fourth-order valence-electron chi connectivity index (χ4n) is 2.12. The quantitative estimate of drug-likeness (QED) is 0.398. The van der Waals surface area contributed by atoms with Crippen LogP contribution in [0.1, 0.15) is 17.5 Å². The predicted molar refractivity (Wildman–Crippen MR) is 95.1 cm³/mol. The van der Waals surface area contributed by atoms with Gasteiger partial charge in [-0.3, -0.25) is 9.59 Å². The average Bonchev–Trinajstić information content (AvgIpc) is 2.62. The van der Waals surface area contributed by atoms with E-state index in [0.29, 0.717) is 5.56 Å². The summed E-state index contributed by atoms with van der Waals surface area (Å²) in [4.78, 5) is 23.5. The van der Waals surface area contributed by atoms with Crippen molar-refractivity contribution in [1.29, 1.82) is 0 Å². The predicted octanol–water partition coefficient (Wildman–Crippen LogP) is 2.90. The Morgan fingerprint density at radius 2 is 1.93 bits per heavy atom. The molecule has 0 radical (unpaired) electrons. The van der Waals surface area contributed by atoms with Gasteiger partial charge >= 0.3 is 6.18 Å². The zero-order valence-corrected chi connectivity index (χ0v) is 14.6. The molecule has 0 aliphatic rings. The SMILES string of the molecule is COc1cc(C=NNC(=O)CC(=O)Nc2cccc(C(F)(F)F)c2)ccc1O. The number of hydrogen-bond acceptors (Lipinski definition) is 5. The van der Waals surface area contributed by atoms with Gasteiger partial charge in [0.1, 0.15) is 6.42 Å². The van der Waals surface area contributed by atoms with Gasteiger partial charge in [0.2, 0.25) is 11.8 Å². The molecule has 148 valence electrons. The third-order valence-corrected chi connectivity index (χ3v) is 3.40. The minimum absolute atomic E-state index is 0.0602. The highest BCUT2D eigenvalue weighted by Gasteiger charge is 2.30. The summed E-state index contributed by atoms with van der Waals surface area (Å²) >= 11 is 0. The van der Waals surface area contributed by atoms with E-state index in [0.717, 1.165) is 18.2 Å². The number of methoxy groups -OCH3 is 1. The van der Waals surface area contributed by atoms with Gasteiger partial charge in [-0.2, -0.15) is 18.3 Å². The lowest BCUT2D eigenvalue weighted by Crippen LogP contribution is -2.24. The number of carbonyl (C=O) groups excluding carboxylic acids is 2. The van der Waals surface area contributed by atoms with Gasteiger partial charge in [-0.15, -0.1) is 0 Å². The number of amides is 2. The third-order valence-electron chi connectivity index (χ3n) is 3.40. The Labute approximate surface area is 157 Å². The molecule has 3 N–H and O–H groups in total. The number of phenolic OH excluding ortho intramolecular Hbond substituents is 1. The summed E-state index contributed by atoms with van der Waals surface area (Å²) in [6, 6.07) is 8.45. The van der Waals surface area contributed by atoms with Crippen LogP contribution in [0, 0.1) is 0 Å². The van der Waals surface area contributed by atoms with Crippen molar-refractivity contribution >= 4 is 23.7 Å². The van der Waals surface area contributed by atoms with Gasteiger partial charge in [0.25, 0.3) is 0 Å². The molecule has 0 bridgehead atoms. The third kappa shape index (κ3) is 6.01. The van der Waals surface area contributed by atoms with E-state index in [1.807, 2.05) is 0 Å². The molecular weight excluding hydrogens is 379 g/mol. The fourth-order valence-corrected chi connectivity index (χ4v) is 2.12. The Balaban J connectivity index is 1.88. The van der Waals surface area contributed by atoms with Crippen molar-refractivity contribution in [2.75, 3.05) is 12.4 Å². The van der Waals surface area contributed by atoms with Gasteiger partial charge in [-0.1, -0.05) is 6.07 Å². The lowest BCUT2D eigenvalue weighted by Gasteiger charge is -2.09. The van der Waals surface area contributed by atoms with Crippen molar-refractivity contribution in [3.63, 3.8) is 0 Å². The van der Waals surface area contributed by atoms with Crippen LogP contribution in [0.4, 0.5) is 18.9 Å². The second-order valence-corrected chi connectivity index (χ2v) is 5.53. The average molecular weight is 395 g/mol. The minimum Gasteiger partial charge on any atom is -0.504 e. The van der Waals surface area contributed by atoms with Crippen LogP contribution in [-0.4, -0.2) is 30.2 Å². The topological polar surface area (TPSA) is 100 Å². The Morgan fingerprint density at radius 3 is 2.61 bits per heavy atom. The highest BCUT2D eigenvalue weighted by molar-refractivity contribution is 6.03. The maximum atomic E-state index is 12.7. The van der Waals surface area contributed by atoms with Crippen LogP contribution in [0.5, 0.6) is 11.5 Å². The number of carbonyl (C=O) groups is 2. The molecule has 28 heavy (non-hydrogen) atoms. The van der Waals surface area contributed by atoms with Gasteiger partial charge in [0, 0.05) is 5.69 Å². The zero-order valence-electron chi connectivity index (χ0n) is 14.6. The Morgan fingerprint density at radius 1 is 1.18 bits per heavy atom. The molecule has 2 aromatic rings. The number of phenols is 1. The van der Waals surface area contributed by atoms with E-state index in [-0.39, 0.29) is 17.2 Å². The van der Waals surface area contributed by atoms with Crippen molar-refractivity contribution in [2.45, 2.75) is 12.6 Å². The molecule has 0 aliphatic heterocycles. The number of nitrogens with zero attached hydrogens (tertiary/aromatic N) is 1. The standard InChI is InChI=1S/C18H16F3N3O4/c1-28-15-7-11(5-6-14(15)25)10-22-24-17(27)9-16(26)23-13-4-2-3-12(8-13)18(19,20)21/h2-8,10,25H,9H2,1H3,(H,23,26)(H,24,27). The van der Waals surface area contributed by atoms with Crippen LogP contribution in [0.25, 0.3) is 0 Å². The lowest BCUT2D eigenvalue weighted by atomic mass is 10.2. The van der Waals surface area contributed by atoms with Gasteiger partial charge in [-0.25, -0.2) is 5.43 Å². The van der Waals surface area contributed by atoms with Gasteiger partial charge in [0.05, 0.1) is 18.9 Å². The summed E-state index contributed by atoms with van der Waals surface area (Å²) in [5.41, 5.74) is 1.65. The molecule has 0 aromatic heterocycles. The van der Waals surface area contributed by atoms with E-state index in [2.05, 4.69) is 15.8 Å². The molecule has 2 aromatic carbocycles. The Hall–Kier alpha value is -3.56. The summed E-state index contributed by atoms with van der Waals surface area (Å²) in [5.74, 6) is -1.39. The maximum Gasteiger partial charge on any atom is 0.416 e. The molecule has 0 atom stereocenters. The van der Waals surface area contributed by atoms with Crippen LogP contribution >= 0.6 is 0 Å². The number of hydrazone groups is 1. The van der Waals surface area contributed by atoms with E-state index in [4.69, 9.17) is 4.74 Å². The van der Waals surface area contributed by atoms with E-state index < -0.39 is 30.0 Å². The molecule has 0 unspecified atom stereocenters. The first kappa shape index (κ1) is 20.7. The first-order chi connectivity index (χ1) is 13.2. The Kier molecular flexibility index (Phi) is 6.59. The van der Waals surface area contributed by atoms with Crippen LogP contribution in [0.3, 0.4) is 0 Å². The second-order valence-electron chi connectivity index (χ2n) is 5.53. The first-order valence-electron chi connectivity index (χ1n) is 7.85. The molecule has 2 amide bonds. The molecular formula is C18H16F3N3O4. The maximum absolute atomic E-state index is 12.7. The number of alkyl halides is 3. The van der Waals surface area contributed by atoms with Gasteiger partial charge in [-0.05, 0) is 42.0 Å². The molecule has 0 fully saturated rings. The van der Waals surface area contributed by atoms with Crippen molar-refractivity contribution in [3.05, 3.63) is 53.6 Å². The number of halogens is 3. The second kappa shape index (κ2) is 8.89. The molecule has 0 saturated carbocycles. The summed E-state index contributed by atoms with van der Waals surface area (Å²) < 4.78 is 42.9. The highest BCUT2D eigenvalue weighted by Crippen LogP contribution is 2.30. The largest absolute Gasteiger partial charge is 0.504 e. The number of hydrogen-bond donors (Lipinski definition) is 3. The van der Waals surface area contributed by atoms with Crippen LogP contribution in [0.2, 0.25) is 0 Å². The highest BCUT2D eigenvalue weighted by atomic mass is 19.4. The molecule has 7 nitrogen and oxygen atoms in total. The van der Waals surface area contributed by atoms with E-state index >= 15 is 0 Å². The minimum atomic E-state index is -4.54. The molecule has 0 heterocycles. The summed E-state index contributed by atoms with van der Waals surface area (Å²) in [6.07, 6.45) is -3.90. The molecule has 10 heteroatoms. The summed E-state index contributed by atoms with van der Waals surface area (Å²) in [5, 5.41) is 15.4. The summed E-state index contributed by atoms with van der Waals surface area (Å²) in [6.45, 7) is 0. The number of anilines is 1. The number of aromatic hydroxyl groups is 1. The van der Waals surface area contributed by atoms with E-state index in [1.54, 1.807) is 0 Å². The van der Waals surface area contributed by atoms with E-state index in [9.17, 15) is 27.9 Å². The molecule has 0 aliphatic carbocycles. The van der Waals surface area contributed by atoms with Gasteiger partial charge < -0.3 is 15.2 Å². The van der Waals surface area contributed by atoms with Crippen LogP contribution < -0.4 is 15.5 Å². The van der Waals surface area contributed by atoms with Crippen molar-refractivity contribution in [3.8, 4) is 11.5 Å². The smallest absolute Gasteiger partial charge is 0.416 e. The zero-order chi connectivity index (χ0) is 20.7. The number of nitrogens with one attached hydrogen (secondary N) is 2. The number of rotatable bonds is 6. The fraction of sp³-hybridized carbons (Fsp3) is 0.167. The first-order valence-corrected chi connectivity index (χ1v) is 7.85. The molecule has 0 spiro atoms. The van der Waals surface area contributed by atoms with Crippen LogP contribution in [0.15, 0.2) is 47.6 Å². The van der Waals surface area contributed by atoms with E-state index in [1.165, 1.54) is 37.6 Å². The normalized spacial score (nSPS) is 11.3. The van der Waals surface area contributed by atoms with Crippen molar-refractivity contribution in [1.82, 2.24) is 5.43 Å². The monoisotopic (exact) mass is 395 g/mol. The summed E-state index contributed by atoms with van der Waals surface area (Å²) in [7, 11) is 1.38.